The molecule has 0 radical (unpaired) electrons. The van der Waals surface area contributed by atoms with E-state index in [4.69, 9.17) is 4.74 Å². The van der Waals surface area contributed by atoms with E-state index in [9.17, 15) is 0 Å². The van der Waals surface area contributed by atoms with E-state index in [0.717, 1.165) is 26.2 Å². The van der Waals surface area contributed by atoms with Crippen molar-refractivity contribution in [1.29, 1.82) is 0 Å². The lowest BCUT2D eigenvalue weighted by Crippen LogP contribution is -2.59. The van der Waals surface area contributed by atoms with Gasteiger partial charge in [-0.3, -0.25) is 4.90 Å². The van der Waals surface area contributed by atoms with Gasteiger partial charge in [0.25, 0.3) is 0 Å². The largest absolute Gasteiger partial charge is 0.378 e. The van der Waals surface area contributed by atoms with Gasteiger partial charge in [0.15, 0.2) is 0 Å². The number of hydrogen-bond acceptors (Lipinski definition) is 3. The van der Waals surface area contributed by atoms with E-state index in [2.05, 4.69) is 68.4 Å². The molecule has 1 fully saturated rings. The SMILES string of the molecule is CCC(C(NC)c1ccccc1)N1CCOCC1(C)C. The number of hydrogen-bond donors (Lipinski definition) is 1. The average molecular weight is 276 g/mol. The molecule has 1 saturated heterocycles. The molecule has 1 aromatic rings. The van der Waals surface area contributed by atoms with Crippen LogP contribution < -0.4 is 5.32 Å². The van der Waals surface area contributed by atoms with Crippen LogP contribution in [0, 0.1) is 0 Å². The van der Waals surface area contributed by atoms with Crippen molar-refractivity contribution in [2.45, 2.75) is 44.8 Å². The second-order valence-corrected chi connectivity index (χ2v) is 6.21. The number of rotatable bonds is 5. The molecule has 3 heteroatoms. The van der Waals surface area contributed by atoms with Gasteiger partial charge in [-0.05, 0) is 32.9 Å². The Balaban J connectivity index is 2.25. The van der Waals surface area contributed by atoms with Crippen molar-refractivity contribution in [3.63, 3.8) is 0 Å². The van der Waals surface area contributed by atoms with Crippen molar-refractivity contribution < 1.29 is 4.74 Å². The van der Waals surface area contributed by atoms with Gasteiger partial charge in [-0.1, -0.05) is 37.3 Å². The third-order valence-corrected chi connectivity index (χ3v) is 4.38. The third-order valence-electron chi connectivity index (χ3n) is 4.38. The van der Waals surface area contributed by atoms with Crippen molar-refractivity contribution in [2.75, 3.05) is 26.8 Å². The average Bonchev–Trinajstić information content (AvgIpc) is 2.46. The highest BCUT2D eigenvalue weighted by Crippen LogP contribution is 2.30. The minimum Gasteiger partial charge on any atom is -0.378 e. The lowest BCUT2D eigenvalue weighted by molar-refractivity contribution is -0.0792. The molecule has 112 valence electrons. The van der Waals surface area contributed by atoms with Gasteiger partial charge in [0, 0.05) is 24.2 Å². The van der Waals surface area contributed by atoms with Crippen LogP contribution in [0.5, 0.6) is 0 Å². The summed E-state index contributed by atoms with van der Waals surface area (Å²) in [6, 6.07) is 11.6. The van der Waals surface area contributed by atoms with Crippen LogP contribution in [0.1, 0.15) is 38.8 Å². The molecule has 3 nitrogen and oxygen atoms in total. The minimum atomic E-state index is 0.100. The van der Waals surface area contributed by atoms with E-state index in [0.29, 0.717) is 12.1 Å². The Morgan fingerprint density at radius 2 is 2.00 bits per heavy atom. The fourth-order valence-corrected chi connectivity index (χ4v) is 3.36. The molecule has 1 aliphatic heterocycles. The number of benzene rings is 1. The molecule has 2 rings (SSSR count). The Morgan fingerprint density at radius 3 is 2.55 bits per heavy atom. The van der Waals surface area contributed by atoms with Crippen LogP contribution in [0.15, 0.2) is 30.3 Å². The van der Waals surface area contributed by atoms with Crippen LogP contribution >= 0.6 is 0 Å². The van der Waals surface area contributed by atoms with Crippen molar-refractivity contribution in [3.8, 4) is 0 Å². The Morgan fingerprint density at radius 1 is 1.30 bits per heavy atom. The summed E-state index contributed by atoms with van der Waals surface area (Å²) < 4.78 is 5.67. The Labute approximate surface area is 123 Å². The van der Waals surface area contributed by atoms with Gasteiger partial charge in [0.1, 0.15) is 0 Å². The fourth-order valence-electron chi connectivity index (χ4n) is 3.36. The highest BCUT2D eigenvalue weighted by molar-refractivity contribution is 5.21. The van der Waals surface area contributed by atoms with Crippen LogP contribution in [0.25, 0.3) is 0 Å². The van der Waals surface area contributed by atoms with Crippen molar-refractivity contribution >= 4 is 0 Å². The first-order valence-corrected chi connectivity index (χ1v) is 7.67. The smallest absolute Gasteiger partial charge is 0.0645 e. The quantitative estimate of drug-likeness (QED) is 0.895. The molecule has 0 aliphatic carbocycles. The van der Waals surface area contributed by atoms with Crippen LogP contribution in [-0.4, -0.2) is 43.3 Å². The Hall–Kier alpha value is -0.900. The maximum Gasteiger partial charge on any atom is 0.0645 e. The topological polar surface area (TPSA) is 24.5 Å². The molecular formula is C17H28N2O. The molecule has 0 spiro atoms. The molecule has 1 aliphatic rings. The second kappa shape index (κ2) is 6.70. The van der Waals surface area contributed by atoms with E-state index >= 15 is 0 Å². The van der Waals surface area contributed by atoms with Crippen LogP contribution in [0.3, 0.4) is 0 Å². The summed E-state index contributed by atoms with van der Waals surface area (Å²) in [5, 5.41) is 3.52. The van der Waals surface area contributed by atoms with Crippen LogP contribution in [0.4, 0.5) is 0 Å². The molecule has 0 saturated carbocycles. The monoisotopic (exact) mass is 276 g/mol. The second-order valence-electron chi connectivity index (χ2n) is 6.21. The number of morpholine rings is 1. The van der Waals surface area contributed by atoms with Gasteiger partial charge in [-0.2, -0.15) is 0 Å². The molecule has 1 heterocycles. The standard InChI is InChI=1S/C17H28N2O/c1-5-15(19-11-12-20-13-17(19,2)3)16(18-4)14-9-7-6-8-10-14/h6-10,15-16,18H,5,11-13H2,1-4H3. The first-order valence-electron chi connectivity index (χ1n) is 7.67. The first kappa shape index (κ1) is 15.5. The fraction of sp³-hybridized carbons (Fsp3) is 0.647. The summed E-state index contributed by atoms with van der Waals surface area (Å²) in [6.07, 6.45) is 1.13. The molecule has 20 heavy (non-hydrogen) atoms. The third kappa shape index (κ3) is 3.22. The maximum absolute atomic E-state index is 5.67. The molecule has 0 amide bonds. The molecule has 0 aromatic heterocycles. The zero-order valence-electron chi connectivity index (χ0n) is 13.2. The van der Waals surface area contributed by atoms with Crippen LogP contribution in [-0.2, 0) is 4.74 Å². The summed E-state index contributed by atoms with van der Waals surface area (Å²) in [7, 11) is 2.06. The van der Waals surface area contributed by atoms with E-state index < -0.39 is 0 Å². The molecule has 1 aromatic carbocycles. The van der Waals surface area contributed by atoms with Crippen molar-refractivity contribution in [2.24, 2.45) is 0 Å². The van der Waals surface area contributed by atoms with E-state index in [1.54, 1.807) is 0 Å². The molecule has 2 atom stereocenters. The van der Waals surface area contributed by atoms with E-state index in [1.807, 2.05) is 0 Å². The normalized spacial score (nSPS) is 22.4. The van der Waals surface area contributed by atoms with Crippen LogP contribution in [0.2, 0.25) is 0 Å². The predicted molar refractivity (Wildman–Crippen MR) is 83.9 cm³/mol. The first-order chi connectivity index (χ1) is 9.60. The highest BCUT2D eigenvalue weighted by Gasteiger charge is 2.38. The van der Waals surface area contributed by atoms with E-state index in [1.165, 1.54) is 5.56 Å². The van der Waals surface area contributed by atoms with Gasteiger partial charge in [0.05, 0.1) is 13.2 Å². The summed E-state index contributed by atoms with van der Waals surface area (Å²) in [5.74, 6) is 0. The molecule has 1 N–H and O–H groups in total. The van der Waals surface area contributed by atoms with E-state index in [-0.39, 0.29) is 5.54 Å². The van der Waals surface area contributed by atoms with Crippen molar-refractivity contribution in [1.82, 2.24) is 10.2 Å². The summed E-state index contributed by atoms with van der Waals surface area (Å²) >= 11 is 0. The lowest BCUT2D eigenvalue weighted by atomic mass is 9.91. The number of nitrogens with zero attached hydrogens (tertiary/aromatic N) is 1. The number of nitrogens with one attached hydrogen (secondary N) is 1. The summed E-state index contributed by atoms with van der Waals surface area (Å²) in [6.45, 7) is 9.51. The maximum atomic E-state index is 5.67. The zero-order chi connectivity index (χ0) is 14.6. The highest BCUT2D eigenvalue weighted by atomic mass is 16.5. The Bertz CT molecular complexity index is 405. The van der Waals surface area contributed by atoms with Gasteiger partial charge < -0.3 is 10.1 Å². The zero-order valence-corrected chi connectivity index (χ0v) is 13.2. The summed E-state index contributed by atoms with van der Waals surface area (Å²) in [5.41, 5.74) is 1.46. The van der Waals surface area contributed by atoms with Gasteiger partial charge in [-0.25, -0.2) is 0 Å². The Kier molecular flexibility index (Phi) is 5.19. The van der Waals surface area contributed by atoms with Crippen molar-refractivity contribution in [3.05, 3.63) is 35.9 Å². The number of ether oxygens (including phenoxy) is 1. The molecule has 2 unspecified atom stereocenters. The molecular weight excluding hydrogens is 248 g/mol. The van der Waals surface area contributed by atoms with Gasteiger partial charge in [0.2, 0.25) is 0 Å². The lowest BCUT2D eigenvalue weighted by Gasteiger charge is -2.49. The number of likely N-dealkylation sites (N-methyl/N-ethyl adjacent to an activating group) is 1. The molecule has 0 bridgehead atoms. The predicted octanol–water partition coefficient (Wildman–Crippen LogP) is 2.84. The minimum absolute atomic E-state index is 0.100. The van der Waals surface area contributed by atoms with Gasteiger partial charge in [-0.15, -0.1) is 0 Å². The summed E-state index contributed by atoms with van der Waals surface area (Å²) in [4.78, 5) is 2.62. The van der Waals surface area contributed by atoms with Gasteiger partial charge >= 0.3 is 0 Å².